The number of carbonyl (C=O) groups excluding carboxylic acids is 1. The van der Waals surface area contributed by atoms with E-state index < -0.39 is 12.0 Å². The Bertz CT molecular complexity index is 697. The van der Waals surface area contributed by atoms with Gasteiger partial charge < -0.3 is 24.8 Å². The smallest absolute Gasteiger partial charge is 0.320 e. The predicted molar refractivity (Wildman–Crippen MR) is 88.6 cm³/mol. The number of nitrogens with zero attached hydrogens (tertiary/aromatic N) is 1. The molecule has 3 aliphatic heterocycles. The summed E-state index contributed by atoms with van der Waals surface area (Å²) in [5.41, 5.74) is 0.946. The van der Waals surface area contributed by atoms with Crippen LogP contribution in [0.25, 0.3) is 0 Å². The minimum Gasteiger partial charge on any atom is -0.480 e. The van der Waals surface area contributed by atoms with Crippen LogP contribution in [-0.2, 0) is 16.0 Å². The summed E-state index contributed by atoms with van der Waals surface area (Å²) in [4.78, 5) is 25.6. The van der Waals surface area contributed by atoms with Gasteiger partial charge in [-0.05, 0) is 42.4 Å². The van der Waals surface area contributed by atoms with Crippen molar-refractivity contribution in [2.45, 2.75) is 31.7 Å². The van der Waals surface area contributed by atoms with Crippen LogP contribution in [0.1, 0.15) is 24.8 Å². The second-order valence-corrected chi connectivity index (χ2v) is 7.22. The third kappa shape index (κ3) is 3.16. The average Bonchev–Trinajstić information content (AvgIpc) is 3.22. The van der Waals surface area contributed by atoms with Gasteiger partial charge in [0.05, 0.1) is 6.42 Å². The largest absolute Gasteiger partial charge is 0.480 e. The lowest BCUT2D eigenvalue weighted by molar-refractivity contribution is -0.139. The summed E-state index contributed by atoms with van der Waals surface area (Å²) >= 11 is 0. The number of carbonyl (C=O) groups is 2. The normalized spacial score (nSPS) is 23.8. The lowest BCUT2D eigenvalue weighted by atomic mass is 9.76. The maximum Gasteiger partial charge on any atom is 0.320 e. The summed E-state index contributed by atoms with van der Waals surface area (Å²) in [5, 5.41) is 12.2. The Hall–Kier alpha value is -2.28. The number of ether oxygens (including phenoxy) is 2. The van der Waals surface area contributed by atoms with E-state index >= 15 is 0 Å². The fourth-order valence-corrected chi connectivity index (χ4v) is 4.04. The molecule has 3 heterocycles. The van der Waals surface area contributed by atoms with Gasteiger partial charge in [-0.15, -0.1) is 0 Å². The van der Waals surface area contributed by atoms with Gasteiger partial charge in [-0.1, -0.05) is 6.07 Å². The molecule has 0 saturated carbocycles. The van der Waals surface area contributed by atoms with Crippen molar-refractivity contribution in [3.8, 4) is 11.5 Å². The Balaban J connectivity index is 1.33. The minimum absolute atomic E-state index is 0.0264. The third-order valence-corrected chi connectivity index (χ3v) is 5.63. The summed E-state index contributed by atoms with van der Waals surface area (Å²) in [6.07, 6.45) is 2.72. The van der Waals surface area contributed by atoms with Crippen LogP contribution in [0.15, 0.2) is 18.2 Å². The Morgan fingerprint density at radius 2 is 2.00 bits per heavy atom. The molecule has 0 aliphatic carbocycles. The minimum atomic E-state index is -0.779. The molecule has 2 fully saturated rings. The summed E-state index contributed by atoms with van der Waals surface area (Å²) in [7, 11) is 0. The molecule has 0 radical (unpaired) electrons. The van der Waals surface area contributed by atoms with E-state index in [-0.39, 0.29) is 18.1 Å². The lowest BCUT2D eigenvalue weighted by Gasteiger charge is -2.39. The van der Waals surface area contributed by atoms with Crippen molar-refractivity contribution >= 4 is 11.9 Å². The molecule has 7 heteroatoms. The number of benzene rings is 1. The highest BCUT2D eigenvalue weighted by Gasteiger charge is 2.44. The molecule has 1 aromatic rings. The molecule has 0 aromatic heterocycles. The van der Waals surface area contributed by atoms with Crippen LogP contribution in [-0.4, -0.2) is 54.4 Å². The Kier molecular flexibility index (Phi) is 4.03. The number of hydrogen-bond donors (Lipinski definition) is 2. The maximum atomic E-state index is 12.6. The zero-order valence-electron chi connectivity index (χ0n) is 14.0. The van der Waals surface area contributed by atoms with Crippen LogP contribution in [0, 0.1) is 5.41 Å². The van der Waals surface area contributed by atoms with Gasteiger partial charge in [0, 0.05) is 19.6 Å². The quantitative estimate of drug-likeness (QED) is 0.849. The van der Waals surface area contributed by atoms with Gasteiger partial charge in [0.1, 0.15) is 6.04 Å². The van der Waals surface area contributed by atoms with Gasteiger partial charge in [0.15, 0.2) is 11.5 Å². The van der Waals surface area contributed by atoms with Gasteiger partial charge in [-0.25, -0.2) is 0 Å². The molecule has 1 spiro atoms. The van der Waals surface area contributed by atoms with Crippen LogP contribution in [0.2, 0.25) is 0 Å². The number of rotatable bonds is 3. The van der Waals surface area contributed by atoms with Gasteiger partial charge in [0.25, 0.3) is 0 Å². The Morgan fingerprint density at radius 3 is 2.72 bits per heavy atom. The van der Waals surface area contributed by atoms with Crippen molar-refractivity contribution in [1.29, 1.82) is 0 Å². The number of hydrogen-bond acceptors (Lipinski definition) is 5. The zero-order chi connectivity index (χ0) is 17.4. The summed E-state index contributed by atoms with van der Waals surface area (Å²) in [6, 6.07) is 5.15. The Labute approximate surface area is 145 Å². The average molecular weight is 346 g/mol. The summed E-state index contributed by atoms with van der Waals surface area (Å²) < 4.78 is 10.6. The van der Waals surface area contributed by atoms with Crippen molar-refractivity contribution in [2.24, 2.45) is 5.41 Å². The number of amides is 1. The maximum absolute atomic E-state index is 12.6. The Morgan fingerprint density at radius 1 is 1.24 bits per heavy atom. The standard InChI is InChI=1S/C18H22N2O5/c21-16(8-12-1-2-14-15(7-12)25-11-24-14)20-5-3-18(4-6-20)9-13(17(22)23)19-10-18/h1-2,7,13,19H,3-6,8-11H2,(H,22,23)/t13-/m0/s1. The highest BCUT2D eigenvalue weighted by atomic mass is 16.7. The van der Waals surface area contributed by atoms with E-state index in [0.717, 1.165) is 30.7 Å². The first kappa shape index (κ1) is 16.2. The monoisotopic (exact) mass is 346 g/mol. The van der Waals surface area contributed by atoms with E-state index in [1.54, 1.807) is 0 Å². The lowest BCUT2D eigenvalue weighted by Crippen LogP contribution is -2.44. The van der Waals surface area contributed by atoms with E-state index in [4.69, 9.17) is 14.6 Å². The molecule has 1 aromatic carbocycles. The number of aliphatic carboxylic acids is 1. The van der Waals surface area contributed by atoms with E-state index in [9.17, 15) is 9.59 Å². The first-order chi connectivity index (χ1) is 12.0. The molecule has 0 bridgehead atoms. The third-order valence-electron chi connectivity index (χ3n) is 5.63. The van der Waals surface area contributed by atoms with Gasteiger partial charge in [0.2, 0.25) is 12.7 Å². The molecular formula is C18H22N2O5. The topological polar surface area (TPSA) is 88.1 Å². The van der Waals surface area contributed by atoms with E-state index in [0.29, 0.717) is 31.7 Å². The number of carboxylic acid groups (broad SMARTS) is 1. The molecule has 1 atom stereocenters. The second kappa shape index (κ2) is 6.22. The first-order valence-corrected chi connectivity index (χ1v) is 8.67. The van der Waals surface area contributed by atoms with Crippen LogP contribution in [0.5, 0.6) is 11.5 Å². The molecule has 7 nitrogen and oxygen atoms in total. The van der Waals surface area contributed by atoms with Gasteiger partial charge in [-0.3, -0.25) is 9.59 Å². The van der Waals surface area contributed by atoms with Crippen LogP contribution >= 0.6 is 0 Å². The number of fused-ring (bicyclic) bond motifs is 1. The van der Waals surface area contributed by atoms with Crippen molar-refractivity contribution in [3.05, 3.63) is 23.8 Å². The fourth-order valence-electron chi connectivity index (χ4n) is 4.04. The molecular weight excluding hydrogens is 324 g/mol. The van der Waals surface area contributed by atoms with Gasteiger partial charge >= 0.3 is 5.97 Å². The highest BCUT2D eigenvalue weighted by Crippen LogP contribution is 2.39. The first-order valence-electron chi connectivity index (χ1n) is 8.67. The number of likely N-dealkylation sites (tertiary alicyclic amines) is 1. The number of piperidine rings is 1. The molecule has 25 heavy (non-hydrogen) atoms. The van der Waals surface area contributed by atoms with Crippen LogP contribution < -0.4 is 14.8 Å². The highest BCUT2D eigenvalue weighted by molar-refractivity contribution is 5.79. The molecule has 0 unspecified atom stereocenters. The summed E-state index contributed by atoms with van der Waals surface area (Å²) in [5.74, 6) is 0.741. The molecule has 3 aliphatic rings. The number of nitrogens with one attached hydrogen (secondary N) is 1. The van der Waals surface area contributed by atoms with E-state index in [2.05, 4.69) is 5.32 Å². The fraction of sp³-hybridized carbons (Fsp3) is 0.556. The second-order valence-electron chi connectivity index (χ2n) is 7.22. The zero-order valence-corrected chi connectivity index (χ0v) is 14.0. The summed E-state index contributed by atoms with van der Waals surface area (Å²) in [6.45, 7) is 2.34. The molecule has 2 N–H and O–H groups in total. The van der Waals surface area contributed by atoms with Crippen molar-refractivity contribution in [1.82, 2.24) is 10.2 Å². The van der Waals surface area contributed by atoms with Crippen LogP contribution in [0.4, 0.5) is 0 Å². The van der Waals surface area contributed by atoms with Crippen molar-refractivity contribution in [3.63, 3.8) is 0 Å². The SMILES string of the molecule is O=C(O)[C@@H]1CC2(CCN(C(=O)Cc3ccc4c(c3)OCO4)CC2)CN1. The molecule has 134 valence electrons. The predicted octanol–water partition coefficient (Wildman–Crippen LogP) is 1.01. The number of carboxylic acids is 1. The van der Waals surface area contributed by atoms with Gasteiger partial charge in [-0.2, -0.15) is 0 Å². The van der Waals surface area contributed by atoms with Crippen molar-refractivity contribution in [2.75, 3.05) is 26.4 Å². The van der Waals surface area contributed by atoms with E-state index in [1.165, 1.54) is 0 Å². The molecule has 1 amide bonds. The molecule has 2 saturated heterocycles. The molecule has 4 rings (SSSR count). The van der Waals surface area contributed by atoms with E-state index in [1.807, 2.05) is 23.1 Å². The van der Waals surface area contributed by atoms with Crippen molar-refractivity contribution < 1.29 is 24.2 Å². The van der Waals surface area contributed by atoms with Crippen LogP contribution in [0.3, 0.4) is 0 Å².